The summed E-state index contributed by atoms with van der Waals surface area (Å²) in [5, 5.41) is 7.78. The van der Waals surface area contributed by atoms with Crippen LogP contribution in [0, 0.1) is 0 Å². The molecule has 1 aromatic carbocycles. The van der Waals surface area contributed by atoms with E-state index in [1.807, 2.05) is 41.8 Å². The van der Waals surface area contributed by atoms with Gasteiger partial charge in [-0.05, 0) is 60.4 Å². The van der Waals surface area contributed by atoms with E-state index in [4.69, 9.17) is 17.0 Å². The fourth-order valence-corrected chi connectivity index (χ4v) is 2.55. The molecule has 0 unspecified atom stereocenters. The lowest BCUT2D eigenvalue weighted by Crippen LogP contribution is -2.32. The van der Waals surface area contributed by atoms with Crippen molar-refractivity contribution >= 4 is 46.3 Å². The molecule has 4 nitrogen and oxygen atoms in total. The van der Waals surface area contributed by atoms with E-state index in [1.54, 1.807) is 17.4 Å². The number of rotatable bonds is 6. The molecule has 120 valence electrons. The van der Waals surface area contributed by atoms with Crippen LogP contribution in [0.25, 0.3) is 6.08 Å². The van der Waals surface area contributed by atoms with Gasteiger partial charge in [-0.3, -0.25) is 10.1 Å². The van der Waals surface area contributed by atoms with Crippen LogP contribution in [0.2, 0.25) is 0 Å². The number of carbonyl (C=O) groups is 1. The average Bonchev–Trinajstić information content (AvgIpc) is 3.05. The summed E-state index contributed by atoms with van der Waals surface area (Å²) in [6, 6.07) is 11.3. The summed E-state index contributed by atoms with van der Waals surface area (Å²) in [6.45, 7) is 2.75. The Morgan fingerprint density at radius 2 is 2.09 bits per heavy atom. The van der Waals surface area contributed by atoms with Crippen LogP contribution in [-0.2, 0) is 4.79 Å². The summed E-state index contributed by atoms with van der Waals surface area (Å²) < 4.78 is 5.51. The first-order valence-electron chi connectivity index (χ1n) is 7.24. The lowest BCUT2D eigenvalue weighted by molar-refractivity contribution is -0.115. The number of carbonyl (C=O) groups excluding carboxylic acids is 1. The molecule has 1 amide bonds. The molecule has 23 heavy (non-hydrogen) atoms. The predicted octanol–water partition coefficient (Wildman–Crippen LogP) is 4.06. The highest BCUT2D eigenvalue weighted by Gasteiger charge is 2.02. The molecule has 0 aliphatic rings. The SMILES string of the molecule is CCCOc1ccc(NC(=S)NC(=O)C=Cc2cccs2)cc1. The third kappa shape index (κ3) is 6.22. The highest BCUT2D eigenvalue weighted by atomic mass is 32.1. The predicted molar refractivity (Wildman–Crippen MR) is 99.9 cm³/mol. The van der Waals surface area contributed by atoms with E-state index in [2.05, 4.69) is 17.6 Å². The minimum atomic E-state index is -0.265. The highest BCUT2D eigenvalue weighted by Crippen LogP contribution is 2.15. The number of anilines is 1. The zero-order valence-corrected chi connectivity index (χ0v) is 14.4. The van der Waals surface area contributed by atoms with Crippen LogP contribution in [0.5, 0.6) is 5.75 Å². The number of amides is 1. The number of thiophene rings is 1. The molecule has 0 aliphatic carbocycles. The Labute approximate surface area is 145 Å². The van der Waals surface area contributed by atoms with Gasteiger partial charge in [0.1, 0.15) is 5.75 Å². The van der Waals surface area contributed by atoms with Gasteiger partial charge in [0, 0.05) is 16.6 Å². The van der Waals surface area contributed by atoms with Gasteiger partial charge in [0.2, 0.25) is 5.91 Å². The Morgan fingerprint density at radius 3 is 2.74 bits per heavy atom. The van der Waals surface area contributed by atoms with Crippen molar-refractivity contribution in [2.75, 3.05) is 11.9 Å². The average molecular weight is 346 g/mol. The molecule has 0 saturated heterocycles. The Balaban J connectivity index is 1.80. The minimum absolute atomic E-state index is 0.257. The fraction of sp³-hybridized carbons (Fsp3) is 0.176. The van der Waals surface area contributed by atoms with Crippen molar-refractivity contribution in [2.45, 2.75) is 13.3 Å². The van der Waals surface area contributed by atoms with Crippen LogP contribution in [0.3, 0.4) is 0 Å². The molecule has 1 heterocycles. The first-order valence-corrected chi connectivity index (χ1v) is 8.52. The van der Waals surface area contributed by atoms with E-state index in [-0.39, 0.29) is 11.0 Å². The molecule has 2 N–H and O–H groups in total. The lowest BCUT2D eigenvalue weighted by Gasteiger charge is -2.09. The maximum absolute atomic E-state index is 11.8. The molecular weight excluding hydrogens is 328 g/mol. The van der Waals surface area contributed by atoms with E-state index in [0.29, 0.717) is 6.61 Å². The topological polar surface area (TPSA) is 50.4 Å². The summed E-state index contributed by atoms with van der Waals surface area (Å²) in [6.07, 6.45) is 4.18. The van der Waals surface area contributed by atoms with Crippen LogP contribution < -0.4 is 15.4 Å². The number of hydrogen-bond donors (Lipinski definition) is 2. The van der Waals surface area contributed by atoms with Crippen molar-refractivity contribution in [3.05, 3.63) is 52.7 Å². The van der Waals surface area contributed by atoms with Gasteiger partial charge < -0.3 is 10.1 Å². The highest BCUT2D eigenvalue weighted by molar-refractivity contribution is 7.80. The van der Waals surface area contributed by atoms with Gasteiger partial charge in [0.15, 0.2) is 5.11 Å². The van der Waals surface area contributed by atoms with Crippen LogP contribution in [0.15, 0.2) is 47.9 Å². The number of thiocarbonyl (C=S) groups is 1. The van der Waals surface area contributed by atoms with Crippen LogP contribution in [0.1, 0.15) is 18.2 Å². The maximum atomic E-state index is 11.8. The summed E-state index contributed by atoms with van der Waals surface area (Å²) in [7, 11) is 0. The molecule has 0 saturated carbocycles. The third-order valence-corrected chi connectivity index (χ3v) is 3.81. The monoisotopic (exact) mass is 346 g/mol. The zero-order chi connectivity index (χ0) is 16.5. The van der Waals surface area contributed by atoms with Crippen LogP contribution >= 0.6 is 23.6 Å². The number of nitrogens with one attached hydrogen (secondary N) is 2. The molecule has 0 bridgehead atoms. The summed E-state index contributed by atoms with van der Waals surface area (Å²) in [5.41, 5.74) is 0.793. The van der Waals surface area contributed by atoms with Crippen molar-refractivity contribution < 1.29 is 9.53 Å². The van der Waals surface area contributed by atoms with Crippen molar-refractivity contribution in [3.63, 3.8) is 0 Å². The van der Waals surface area contributed by atoms with Crippen molar-refractivity contribution in [3.8, 4) is 5.75 Å². The van der Waals surface area contributed by atoms with Crippen molar-refractivity contribution in [1.82, 2.24) is 5.32 Å². The van der Waals surface area contributed by atoms with Gasteiger partial charge >= 0.3 is 0 Å². The molecule has 0 aliphatic heterocycles. The maximum Gasteiger partial charge on any atom is 0.250 e. The lowest BCUT2D eigenvalue weighted by atomic mass is 10.3. The van der Waals surface area contributed by atoms with Crippen LogP contribution in [0.4, 0.5) is 5.69 Å². The molecule has 6 heteroatoms. The molecule has 0 radical (unpaired) electrons. The first-order chi connectivity index (χ1) is 11.2. The van der Waals surface area contributed by atoms with Crippen LogP contribution in [-0.4, -0.2) is 17.6 Å². The molecule has 2 rings (SSSR count). The molecule has 1 aromatic heterocycles. The third-order valence-electron chi connectivity index (χ3n) is 2.76. The largest absolute Gasteiger partial charge is 0.494 e. The second-order valence-electron chi connectivity index (χ2n) is 4.66. The fourth-order valence-electron chi connectivity index (χ4n) is 1.71. The Hall–Kier alpha value is -2.18. The van der Waals surface area contributed by atoms with E-state index in [9.17, 15) is 4.79 Å². The van der Waals surface area contributed by atoms with E-state index in [0.717, 1.165) is 22.7 Å². The second kappa shape index (κ2) is 9.07. The quantitative estimate of drug-likeness (QED) is 0.612. The standard InChI is InChI=1S/C17H18N2O2S2/c1-2-11-21-14-7-5-13(6-8-14)18-17(22)19-16(20)10-9-15-4-3-12-23-15/h3-10,12H,2,11H2,1H3,(H2,18,19,20,22). The van der Waals surface area contributed by atoms with Gasteiger partial charge in [-0.15, -0.1) is 11.3 Å². The van der Waals surface area contributed by atoms with Gasteiger partial charge in [0.05, 0.1) is 6.61 Å². The van der Waals surface area contributed by atoms with Gasteiger partial charge in [-0.2, -0.15) is 0 Å². The normalized spacial score (nSPS) is 10.5. The Kier molecular flexibility index (Phi) is 6.77. The molecule has 0 atom stereocenters. The molecule has 0 spiro atoms. The molecular formula is C17H18N2O2S2. The number of hydrogen-bond acceptors (Lipinski definition) is 4. The summed E-state index contributed by atoms with van der Waals surface area (Å²) in [4.78, 5) is 12.8. The smallest absolute Gasteiger partial charge is 0.250 e. The molecule has 0 fully saturated rings. The zero-order valence-electron chi connectivity index (χ0n) is 12.7. The number of ether oxygens (including phenoxy) is 1. The van der Waals surface area contributed by atoms with Gasteiger partial charge in [-0.1, -0.05) is 13.0 Å². The second-order valence-corrected chi connectivity index (χ2v) is 6.05. The Morgan fingerprint density at radius 1 is 1.30 bits per heavy atom. The number of benzene rings is 1. The first kappa shape index (κ1) is 17.2. The van der Waals surface area contributed by atoms with Crippen molar-refractivity contribution in [1.29, 1.82) is 0 Å². The summed E-state index contributed by atoms with van der Waals surface area (Å²) in [5.74, 6) is 0.546. The van der Waals surface area contributed by atoms with E-state index in [1.165, 1.54) is 6.08 Å². The van der Waals surface area contributed by atoms with Gasteiger partial charge in [0.25, 0.3) is 0 Å². The van der Waals surface area contributed by atoms with E-state index < -0.39 is 0 Å². The Bertz CT molecular complexity index is 664. The summed E-state index contributed by atoms with van der Waals surface area (Å²) >= 11 is 6.69. The van der Waals surface area contributed by atoms with E-state index >= 15 is 0 Å². The van der Waals surface area contributed by atoms with Gasteiger partial charge in [-0.25, -0.2) is 0 Å². The molecule has 2 aromatic rings. The van der Waals surface area contributed by atoms with Crippen molar-refractivity contribution in [2.24, 2.45) is 0 Å². The minimum Gasteiger partial charge on any atom is -0.494 e.